The molecule has 0 aromatic heterocycles. The third kappa shape index (κ3) is 38.8. The second kappa shape index (κ2) is 44.2. The zero-order valence-corrected chi connectivity index (χ0v) is 34.5. The van der Waals surface area contributed by atoms with Crippen molar-refractivity contribution in [2.24, 2.45) is 5.92 Å². The number of ketones is 1. The molecule has 13 heteroatoms. The predicted octanol–water partition coefficient (Wildman–Crippen LogP) is 1.23. The van der Waals surface area contributed by atoms with Gasteiger partial charge in [0.1, 0.15) is 5.78 Å². The number of Topliss-reactive ketones (excluding diaryl/α,β-unsaturated/α-hetero) is 1. The summed E-state index contributed by atoms with van der Waals surface area (Å²) in [4.78, 5) is 57.9. The van der Waals surface area contributed by atoms with E-state index >= 15 is 0 Å². The molecule has 1 aromatic rings. The van der Waals surface area contributed by atoms with E-state index in [9.17, 15) is 24.0 Å². The minimum Gasteiger partial charge on any atom is -0.648 e. The molecule has 0 aliphatic rings. The largest absolute Gasteiger partial charge is 1.00 e. The van der Waals surface area contributed by atoms with Gasteiger partial charge in [0.15, 0.2) is 6.03 Å². The molecule has 1 unspecified atom stereocenters. The van der Waals surface area contributed by atoms with Crippen molar-refractivity contribution in [1.29, 1.82) is 0 Å². The van der Waals surface area contributed by atoms with Crippen LogP contribution in [0.5, 0.6) is 0 Å². The summed E-state index contributed by atoms with van der Waals surface area (Å²) >= 11 is 0. The van der Waals surface area contributed by atoms with Gasteiger partial charge in [0.05, 0.1) is 18.9 Å². The predicted molar refractivity (Wildman–Crippen MR) is 192 cm³/mol. The number of carbonyl (C=O) groups is 5. The van der Waals surface area contributed by atoms with E-state index in [1.807, 2.05) is 19.1 Å². The van der Waals surface area contributed by atoms with Crippen molar-refractivity contribution < 1.29 is 145 Å². The molecular weight excluding hydrogens is 745 g/mol. The Morgan fingerprint density at radius 3 is 1.89 bits per heavy atom. The van der Waals surface area contributed by atoms with E-state index in [2.05, 4.69) is 26.6 Å². The first kappa shape index (κ1) is 69.0. The van der Waals surface area contributed by atoms with Gasteiger partial charge in [0, 0.05) is 32.5 Å². The molecule has 47 heavy (non-hydrogen) atoms. The molecule has 0 aliphatic carbocycles. The van der Waals surface area contributed by atoms with Crippen molar-refractivity contribution in [3.63, 3.8) is 0 Å². The van der Waals surface area contributed by atoms with E-state index in [-0.39, 0.29) is 236 Å². The summed E-state index contributed by atoms with van der Waals surface area (Å²) in [5.74, 6) is -0.433. The van der Waals surface area contributed by atoms with Crippen LogP contribution in [-0.4, -0.2) is 69.4 Å². The zero-order valence-electron chi connectivity index (χ0n) is 24.7. The summed E-state index contributed by atoms with van der Waals surface area (Å²) in [6, 6.07) is 6.86. The molecule has 1 rings (SSSR count). The van der Waals surface area contributed by atoms with Crippen LogP contribution in [0.15, 0.2) is 24.3 Å². The van der Waals surface area contributed by atoms with Crippen LogP contribution >= 0.6 is 0 Å². The van der Waals surface area contributed by atoms with E-state index in [4.69, 9.17) is 4.74 Å². The van der Waals surface area contributed by atoms with Gasteiger partial charge in [0.2, 0.25) is 11.8 Å². The van der Waals surface area contributed by atoms with E-state index in [0.29, 0.717) is 26.1 Å². The smallest absolute Gasteiger partial charge is 0.648 e. The number of benzene rings is 1. The topological polar surface area (TPSA) is 159 Å². The summed E-state index contributed by atoms with van der Waals surface area (Å²) < 4.78 is 5.31. The van der Waals surface area contributed by atoms with E-state index < -0.39 is 0 Å². The first-order valence-electron chi connectivity index (χ1n) is 13.0. The number of carbonyl (C=O) groups excluding carboxylic acids is 5. The molecule has 3 N–H and O–H groups in total. The van der Waals surface area contributed by atoms with Crippen LogP contribution in [0.1, 0.15) is 109 Å². The standard InChI is InChI=1S/C27H43N5O6.7CH4.2Rb/c1-20(21(2)33)7-4-5-13-30-27(37)31-14-6-16-38-19-26(36)32-18-23-10-8-22(9-11-23)17-25(35)29-15-12-24(34)28-3;;;;;;;;;/h8-11,20H,4-7,12-19H2,1-3H3,(H5,28,29,30,31,32,34,35,36,37);7*1H4;;/q;;;;;;;;2*+1/p-2. The Hall–Kier alpha value is 0.140. The minimum atomic E-state index is -0.377. The number of nitrogens with zero attached hydrogens (tertiary/aromatic N) is 2. The van der Waals surface area contributed by atoms with Gasteiger partial charge in [-0.15, -0.1) is 6.54 Å². The van der Waals surface area contributed by atoms with Crippen LogP contribution in [0.25, 0.3) is 10.6 Å². The number of amides is 5. The van der Waals surface area contributed by atoms with Gasteiger partial charge in [-0.3, -0.25) is 19.2 Å². The van der Waals surface area contributed by atoms with Crippen molar-refractivity contribution in [1.82, 2.24) is 16.0 Å². The maximum Gasteiger partial charge on any atom is 1.00 e. The second-order valence-electron chi connectivity index (χ2n) is 9.00. The summed E-state index contributed by atoms with van der Waals surface area (Å²) in [5.41, 5.74) is 1.65. The van der Waals surface area contributed by atoms with Gasteiger partial charge in [-0.2, -0.15) is 0 Å². The van der Waals surface area contributed by atoms with Crippen molar-refractivity contribution in [2.75, 3.05) is 39.9 Å². The average Bonchev–Trinajstić information content (AvgIpc) is 2.89. The minimum absolute atomic E-state index is 0. The number of nitrogens with one attached hydrogen (secondary N) is 3. The molecule has 0 aliphatic heterocycles. The van der Waals surface area contributed by atoms with Crippen molar-refractivity contribution in [3.8, 4) is 0 Å². The van der Waals surface area contributed by atoms with E-state index in [1.54, 1.807) is 26.1 Å². The van der Waals surface area contributed by atoms with Crippen LogP contribution in [-0.2, 0) is 36.9 Å². The zero-order chi connectivity index (χ0) is 28.2. The van der Waals surface area contributed by atoms with Gasteiger partial charge >= 0.3 is 116 Å². The number of hydrogen-bond acceptors (Lipinski definition) is 6. The molecule has 1 aromatic carbocycles. The van der Waals surface area contributed by atoms with Crippen molar-refractivity contribution >= 4 is 29.5 Å². The fourth-order valence-electron chi connectivity index (χ4n) is 3.21. The second-order valence-corrected chi connectivity index (χ2v) is 9.00. The van der Waals surface area contributed by atoms with Crippen LogP contribution in [0.3, 0.4) is 0 Å². The van der Waals surface area contributed by atoms with Gasteiger partial charge < -0.3 is 36.1 Å². The summed E-state index contributed by atoms with van der Waals surface area (Å²) in [7, 11) is 1.55. The van der Waals surface area contributed by atoms with Crippen LogP contribution < -0.4 is 132 Å². The van der Waals surface area contributed by atoms with Crippen LogP contribution in [0.2, 0.25) is 0 Å². The number of hydrogen-bond donors (Lipinski definition) is 3. The summed E-state index contributed by atoms with van der Waals surface area (Å²) in [6.07, 6.45) is 3.44. The Balaban J connectivity index is -0.000000229. The molecule has 0 heterocycles. The third-order valence-corrected chi connectivity index (χ3v) is 5.74. The molecule has 11 nitrogen and oxygen atoms in total. The van der Waals surface area contributed by atoms with Crippen LogP contribution in [0, 0.1) is 5.92 Å². The van der Waals surface area contributed by atoms with E-state index in [1.165, 1.54) is 0 Å². The molecule has 1 atom stereocenters. The molecular formula is C34H69N5O6Rb2. The fourth-order valence-corrected chi connectivity index (χ4v) is 3.21. The van der Waals surface area contributed by atoms with Gasteiger partial charge in [-0.05, 0) is 31.9 Å². The normalized spacial score (nSPS) is 9.09. The summed E-state index contributed by atoms with van der Waals surface area (Å²) in [5, 5.41) is 15.8. The first-order valence-corrected chi connectivity index (χ1v) is 13.0. The molecule has 0 bridgehead atoms. The molecule has 0 radical (unpaired) electrons. The Morgan fingerprint density at radius 1 is 0.766 bits per heavy atom. The Morgan fingerprint density at radius 2 is 1.34 bits per heavy atom. The average molecular weight is 815 g/mol. The number of urea groups is 1. The Labute approximate surface area is 387 Å². The Kier molecular flexibility index (Phi) is 64.8. The fraction of sp³-hybridized carbons (Fsp3) is 0.676. The van der Waals surface area contributed by atoms with Gasteiger partial charge in [-0.1, -0.05) is 108 Å². The SMILES string of the molecule is C.C.C.C.C.C.C.CNC(=O)CCNC(=O)Cc1ccc(C[N-]C(=O)COCCC[N-]C(=O)NCCCCC(C)C(C)=O)cc1.[Rb+].[Rb+]. The number of ether oxygens (including phenoxy) is 1. The van der Waals surface area contributed by atoms with Crippen molar-refractivity contribution in [3.05, 3.63) is 46.0 Å². The first-order chi connectivity index (χ1) is 18.2. The van der Waals surface area contributed by atoms with Crippen LogP contribution in [0.4, 0.5) is 4.79 Å². The third-order valence-electron chi connectivity index (χ3n) is 5.74. The van der Waals surface area contributed by atoms with Crippen molar-refractivity contribution in [2.45, 2.75) is 111 Å². The quantitative estimate of drug-likeness (QED) is 0.179. The molecule has 268 valence electrons. The maximum atomic E-state index is 11.9. The number of unbranched alkanes of at least 4 members (excludes halogenated alkanes) is 1. The van der Waals surface area contributed by atoms with Gasteiger partial charge in [-0.25, -0.2) is 0 Å². The molecule has 5 amide bonds. The van der Waals surface area contributed by atoms with E-state index in [0.717, 1.165) is 30.4 Å². The number of rotatable bonds is 19. The molecule has 0 saturated carbocycles. The van der Waals surface area contributed by atoms with Gasteiger partial charge in [0.25, 0.3) is 0 Å². The Bertz CT molecular complexity index is 906. The summed E-state index contributed by atoms with van der Waals surface area (Å²) in [6.45, 7) is 4.98. The molecule has 0 fully saturated rings. The molecule has 0 saturated heterocycles. The molecule has 0 spiro atoms. The monoisotopic (exact) mass is 813 g/mol. The maximum absolute atomic E-state index is 11.9.